The molecule has 1 aliphatic carbocycles. The van der Waals surface area contributed by atoms with E-state index in [1.54, 1.807) is 0 Å². The Kier molecular flexibility index (Phi) is 3.43. The Labute approximate surface area is 179 Å². The molecule has 2 aliphatic rings. The average Bonchev–Trinajstić information content (AvgIpc) is 2.95. The molecule has 1 heterocycles. The van der Waals surface area contributed by atoms with Crippen LogP contribution < -0.4 is 4.90 Å². The molecule has 2 heteroatoms. The lowest BCUT2D eigenvalue weighted by Crippen LogP contribution is -2.21. The van der Waals surface area contributed by atoms with Gasteiger partial charge in [0.25, 0.3) is 0 Å². The van der Waals surface area contributed by atoms with Crippen molar-refractivity contribution in [3.8, 4) is 11.1 Å². The van der Waals surface area contributed by atoms with Crippen LogP contribution in [-0.4, -0.2) is 0 Å². The fourth-order valence-corrected chi connectivity index (χ4v) is 5.48. The highest BCUT2D eigenvalue weighted by Crippen LogP contribution is 2.57. The summed E-state index contributed by atoms with van der Waals surface area (Å²) in [5.74, 6) is 0. The van der Waals surface area contributed by atoms with E-state index in [4.69, 9.17) is 0 Å². The Morgan fingerprint density at radius 3 is 2.48 bits per heavy atom. The van der Waals surface area contributed by atoms with Gasteiger partial charge in [-0.05, 0) is 69.6 Å². The van der Waals surface area contributed by atoms with Crippen LogP contribution in [0.2, 0.25) is 0 Å². The summed E-state index contributed by atoms with van der Waals surface area (Å²) in [5.41, 5.74) is 9.23. The number of nitrogens with zero attached hydrogens (tertiary/aromatic N) is 1. The van der Waals surface area contributed by atoms with Gasteiger partial charge in [0.1, 0.15) is 0 Å². The van der Waals surface area contributed by atoms with Crippen molar-refractivity contribution in [2.75, 3.05) is 4.90 Å². The van der Waals surface area contributed by atoms with Crippen molar-refractivity contribution in [3.63, 3.8) is 0 Å². The van der Waals surface area contributed by atoms with Crippen molar-refractivity contribution in [3.05, 3.63) is 100 Å². The maximum absolute atomic E-state index is 3.69. The van der Waals surface area contributed by atoms with E-state index in [1.807, 2.05) is 0 Å². The SMILES string of the molecule is CC1(C)c2cc(Br)ccc2-c2cc3cccc4c3c(c21)N(c1ccccc1)C=C4. The predicted molar refractivity (Wildman–Crippen MR) is 127 cm³/mol. The van der Waals surface area contributed by atoms with Gasteiger partial charge in [-0.25, -0.2) is 0 Å². The van der Waals surface area contributed by atoms with E-state index in [0.29, 0.717) is 0 Å². The van der Waals surface area contributed by atoms with Crippen molar-refractivity contribution in [1.29, 1.82) is 0 Å². The van der Waals surface area contributed by atoms with Gasteiger partial charge in [0.2, 0.25) is 0 Å². The number of benzene rings is 4. The number of anilines is 2. The zero-order chi connectivity index (χ0) is 19.8. The molecular formula is C27H20BrN. The van der Waals surface area contributed by atoms with Crippen molar-refractivity contribution in [1.82, 2.24) is 0 Å². The fraction of sp³-hybridized carbons (Fsp3) is 0.111. The van der Waals surface area contributed by atoms with Gasteiger partial charge < -0.3 is 4.90 Å². The molecule has 0 amide bonds. The maximum atomic E-state index is 3.69. The Bertz CT molecular complexity index is 1330. The minimum Gasteiger partial charge on any atom is -0.316 e. The lowest BCUT2D eigenvalue weighted by Gasteiger charge is -2.33. The molecule has 1 aliphatic heterocycles. The molecule has 0 saturated carbocycles. The molecule has 0 unspecified atom stereocenters. The van der Waals surface area contributed by atoms with E-state index in [-0.39, 0.29) is 5.41 Å². The average molecular weight is 438 g/mol. The second kappa shape index (κ2) is 5.84. The second-order valence-electron chi connectivity index (χ2n) is 8.43. The number of rotatable bonds is 1. The molecular weight excluding hydrogens is 418 g/mol. The third kappa shape index (κ3) is 2.27. The number of para-hydroxylation sites is 1. The molecule has 1 nitrogen and oxygen atoms in total. The molecule has 29 heavy (non-hydrogen) atoms. The third-order valence-corrected chi connectivity index (χ3v) is 6.91. The molecule has 6 rings (SSSR count). The van der Waals surface area contributed by atoms with Crippen LogP contribution in [0, 0.1) is 0 Å². The topological polar surface area (TPSA) is 3.24 Å². The maximum Gasteiger partial charge on any atom is 0.0587 e. The minimum absolute atomic E-state index is 0.0801. The molecule has 0 atom stereocenters. The van der Waals surface area contributed by atoms with Crippen LogP contribution >= 0.6 is 15.9 Å². The number of hydrogen-bond donors (Lipinski definition) is 0. The van der Waals surface area contributed by atoms with Crippen LogP contribution in [0.1, 0.15) is 30.5 Å². The molecule has 4 aromatic rings. The van der Waals surface area contributed by atoms with Gasteiger partial charge in [-0.1, -0.05) is 72.2 Å². The Morgan fingerprint density at radius 1 is 0.828 bits per heavy atom. The van der Waals surface area contributed by atoms with Gasteiger partial charge in [-0.15, -0.1) is 0 Å². The number of hydrogen-bond acceptors (Lipinski definition) is 1. The normalized spacial score (nSPS) is 15.5. The summed E-state index contributed by atoms with van der Waals surface area (Å²) < 4.78 is 1.14. The van der Waals surface area contributed by atoms with Crippen LogP contribution in [0.25, 0.3) is 28.0 Å². The van der Waals surface area contributed by atoms with E-state index in [1.165, 1.54) is 50.0 Å². The van der Waals surface area contributed by atoms with E-state index in [0.717, 1.165) is 4.47 Å². The molecule has 0 radical (unpaired) electrons. The van der Waals surface area contributed by atoms with Gasteiger partial charge in [-0.2, -0.15) is 0 Å². The molecule has 4 aromatic carbocycles. The third-order valence-electron chi connectivity index (χ3n) is 6.42. The second-order valence-corrected chi connectivity index (χ2v) is 9.34. The first-order valence-electron chi connectivity index (χ1n) is 9.99. The van der Waals surface area contributed by atoms with Crippen LogP contribution in [0.5, 0.6) is 0 Å². The predicted octanol–water partition coefficient (Wildman–Crippen LogP) is 8.03. The number of fused-ring (bicyclic) bond motifs is 4. The smallest absolute Gasteiger partial charge is 0.0587 e. The highest BCUT2D eigenvalue weighted by molar-refractivity contribution is 9.10. The fourth-order valence-electron chi connectivity index (χ4n) is 5.12. The lowest BCUT2D eigenvalue weighted by atomic mass is 9.79. The summed E-state index contributed by atoms with van der Waals surface area (Å²) in [6.45, 7) is 4.72. The van der Waals surface area contributed by atoms with Crippen LogP contribution in [0.3, 0.4) is 0 Å². The summed E-state index contributed by atoms with van der Waals surface area (Å²) in [7, 11) is 0. The summed E-state index contributed by atoms with van der Waals surface area (Å²) in [4.78, 5) is 2.37. The first kappa shape index (κ1) is 17.1. The van der Waals surface area contributed by atoms with Crippen molar-refractivity contribution in [2.24, 2.45) is 0 Å². The Balaban J connectivity index is 1.77. The minimum atomic E-state index is -0.0801. The van der Waals surface area contributed by atoms with Gasteiger partial charge in [0.15, 0.2) is 0 Å². The Hall–Kier alpha value is -2.84. The summed E-state index contributed by atoms with van der Waals surface area (Å²) in [5, 5.41) is 2.64. The molecule has 0 saturated heterocycles. The van der Waals surface area contributed by atoms with Crippen molar-refractivity contribution >= 4 is 44.2 Å². The molecule has 0 N–H and O–H groups in total. The molecule has 140 valence electrons. The molecule has 0 fully saturated rings. The van der Waals surface area contributed by atoms with Crippen LogP contribution in [-0.2, 0) is 5.41 Å². The molecule has 0 bridgehead atoms. The van der Waals surface area contributed by atoms with E-state index in [2.05, 4.69) is 120 Å². The van der Waals surface area contributed by atoms with E-state index < -0.39 is 0 Å². The first-order valence-corrected chi connectivity index (χ1v) is 10.8. The quantitative estimate of drug-likeness (QED) is 0.291. The van der Waals surface area contributed by atoms with Crippen LogP contribution in [0.15, 0.2) is 83.5 Å². The largest absolute Gasteiger partial charge is 0.316 e. The molecule has 0 aromatic heterocycles. The highest BCUT2D eigenvalue weighted by atomic mass is 79.9. The van der Waals surface area contributed by atoms with E-state index >= 15 is 0 Å². The zero-order valence-corrected chi connectivity index (χ0v) is 18.0. The Morgan fingerprint density at radius 2 is 1.66 bits per heavy atom. The van der Waals surface area contributed by atoms with Gasteiger partial charge >= 0.3 is 0 Å². The zero-order valence-electron chi connectivity index (χ0n) is 16.4. The van der Waals surface area contributed by atoms with Crippen LogP contribution in [0.4, 0.5) is 11.4 Å². The van der Waals surface area contributed by atoms with Crippen molar-refractivity contribution < 1.29 is 0 Å². The summed E-state index contributed by atoms with van der Waals surface area (Å²) in [6, 6.07) is 26.4. The van der Waals surface area contributed by atoms with Gasteiger partial charge in [0, 0.05) is 27.2 Å². The number of halogens is 1. The highest BCUT2D eigenvalue weighted by Gasteiger charge is 2.40. The van der Waals surface area contributed by atoms with E-state index in [9.17, 15) is 0 Å². The van der Waals surface area contributed by atoms with Gasteiger partial charge in [-0.3, -0.25) is 0 Å². The van der Waals surface area contributed by atoms with Crippen molar-refractivity contribution in [2.45, 2.75) is 19.3 Å². The standard InChI is InChI=1S/C27H20BrN/c1-27(2)23-16-19(28)11-12-21(23)22-15-18-8-6-7-17-13-14-29(20-9-4-3-5-10-20)26(24(17)18)25(22)27/h3-16H,1-2H3. The molecule has 0 spiro atoms. The van der Waals surface area contributed by atoms with Gasteiger partial charge in [0.05, 0.1) is 5.69 Å². The monoisotopic (exact) mass is 437 g/mol. The summed E-state index contributed by atoms with van der Waals surface area (Å²) in [6.07, 6.45) is 4.46. The summed E-state index contributed by atoms with van der Waals surface area (Å²) >= 11 is 3.69. The first-order chi connectivity index (χ1) is 14.1. The lowest BCUT2D eigenvalue weighted by molar-refractivity contribution is 0.661.